The number of halogens is 1. The number of nitrogens with one attached hydrogen (secondary N) is 1. The van der Waals surface area contributed by atoms with Crippen LogP contribution in [0.5, 0.6) is 0 Å². The Labute approximate surface area is 130 Å². The molecule has 1 aromatic carbocycles. The molecule has 0 saturated heterocycles. The van der Waals surface area contributed by atoms with Gasteiger partial charge in [0.05, 0.1) is 5.69 Å². The van der Waals surface area contributed by atoms with E-state index in [0.29, 0.717) is 0 Å². The number of hydrogen-bond donors (Lipinski definition) is 1. The van der Waals surface area contributed by atoms with Crippen molar-refractivity contribution in [2.45, 2.75) is 33.1 Å². The lowest BCUT2D eigenvalue weighted by molar-refractivity contribution is 0.637. The van der Waals surface area contributed by atoms with E-state index in [4.69, 9.17) is 16.6 Å². The van der Waals surface area contributed by atoms with Crippen molar-refractivity contribution in [1.29, 1.82) is 0 Å². The van der Waals surface area contributed by atoms with Crippen LogP contribution in [0.1, 0.15) is 31.0 Å². The molecule has 1 N–H and O–H groups in total. The summed E-state index contributed by atoms with van der Waals surface area (Å²) >= 11 is 7.81. The van der Waals surface area contributed by atoms with Gasteiger partial charge in [-0.05, 0) is 63.0 Å². The van der Waals surface area contributed by atoms with Crippen LogP contribution in [0.3, 0.4) is 0 Å². The van der Waals surface area contributed by atoms with Crippen molar-refractivity contribution >= 4 is 22.9 Å². The highest BCUT2D eigenvalue weighted by molar-refractivity contribution is 7.13. The summed E-state index contributed by atoms with van der Waals surface area (Å²) in [5, 5.41) is 7.42. The van der Waals surface area contributed by atoms with Gasteiger partial charge in [0.25, 0.3) is 0 Å². The topological polar surface area (TPSA) is 24.9 Å². The first kappa shape index (κ1) is 15.5. The summed E-state index contributed by atoms with van der Waals surface area (Å²) in [6.45, 7) is 6.41. The summed E-state index contributed by atoms with van der Waals surface area (Å²) in [6.07, 6.45) is 3.36. The van der Waals surface area contributed by atoms with Gasteiger partial charge in [-0.3, -0.25) is 0 Å². The van der Waals surface area contributed by atoms with Crippen molar-refractivity contribution < 1.29 is 0 Å². The minimum atomic E-state index is 0.778. The van der Waals surface area contributed by atoms with Crippen LogP contribution in [0, 0.1) is 6.92 Å². The van der Waals surface area contributed by atoms with Crippen LogP contribution in [0.4, 0.5) is 0 Å². The van der Waals surface area contributed by atoms with Crippen LogP contribution in [-0.2, 0) is 6.42 Å². The quantitative estimate of drug-likeness (QED) is 0.750. The van der Waals surface area contributed by atoms with Gasteiger partial charge < -0.3 is 5.32 Å². The van der Waals surface area contributed by atoms with Crippen LogP contribution in [0.15, 0.2) is 23.6 Å². The zero-order valence-corrected chi connectivity index (χ0v) is 13.7. The summed E-state index contributed by atoms with van der Waals surface area (Å²) in [7, 11) is 0. The average Bonchev–Trinajstić information content (AvgIpc) is 2.86. The fraction of sp³-hybridized carbons (Fsp3) is 0.438. The molecule has 0 fully saturated rings. The summed E-state index contributed by atoms with van der Waals surface area (Å²) in [4.78, 5) is 4.71. The molecule has 0 spiro atoms. The van der Waals surface area contributed by atoms with Crippen LogP contribution < -0.4 is 5.32 Å². The minimum Gasteiger partial charge on any atom is -0.317 e. The minimum absolute atomic E-state index is 0.778. The molecule has 0 amide bonds. The second kappa shape index (κ2) is 7.77. The number of nitrogens with zero attached hydrogens (tertiary/aromatic N) is 1. The van der Waals surface area contributed by atoms with Crippen molar-refractivity contribution in [2.75, 3.05) is 13.1 Å². The van der Waals surface area contributed by atoms with Gasteiger partial charge in [-0.2, -0.15) is 0 Å². The van der Waals surface area contributed by atoms with Gasteiger partial charge in [-0.25, -0.2) is 4.98 Å². The molecule has 0 bridgehead atoms. The molecular weight excluding hydrogens is 288 g/mol. The van der Waals surface area contributed by atoms with E-state index < -0.39 is 0 Å². The molecule has 2 rings (SSSR count). The Morgan fingerprint density at radius 1 is 1.25 bits per heavy atom. The van der Waals surface area contributed by atoms with Crippen LogP contribution >= 0.6 is 22.9 Å². The highest BCUT2D eigenvalue weighted by Crippen LogP contribution is 2.27. The lowest BCUT2D eigenvalue weighted by atomic mass is 10.1. The van der Waals surface area contributed by atoms with Crippen molar-refractivity contribution in [1.82, 2.24) is 10.3 Å². The van der Waals surface area contributed by atoms with E-state index in [2.05, 4.69) is 30.6 Å². The maximum Gasteiger partial charge on any atom is 0.123 e. The maximum atomic E-state index is 6.11. The molecule has 0 aliphatic carbocycles. The number of benzene rings is 1. The third-order valence-electron chi connectivity index (χ3n) is 3.05. The lowest BCUT2D eigenvalue weighted by Gasteiger charge is -2.01. The third kappa shape index (κ3) is 4.58. The predicted octanol–water partition coefficient (Wildman–Crippen LogP) is 4.70. The molecule has 1 aromatic heterocycles. The third-order valence-corrected chi connectivity index (χ3v) is 4.21. The molecule has 4 heteroatoms. The van der Waals surface area contributed by atoms with E-state index in [1.54, 1.807) is 11.3 Å². The predicted molar refractivity (Wildman–Crippen MR) is 88.8 cm³/mol. The zero-order chi connectivity index (χ0) is 14.4. The highest BCUT2D eigenvalue weighted by atomic mass is 35.5. The summed E-state index contributed by atoms with van der Waals surface area (Å²) < 4.78 is 0. The number of hydrogen-bond acceptors (Lipinski definition) is 3. The Balaban J connectivity index is 1.94. The normalized spacial score (nSPS) is 10.9. The zero-order valence-electron chi connectivity index (χ0n) is 12.1. The Hall–Kier alpha value is -0.900. The van der Waals surface area contributed by atoms with Crippen molar-refractivity contribution in [3.63, 3.8) is 0 Å². The first-order valence-corrected chi connectivity index (χ1v) is 8.37. The molecule has 2 aromatic rings. The number of aromatic nitrogens is 1. The number of rotatable bonds is 7. The molecule has 0 atom stereocenters. The molecule has 0 saturated carbocycles. The fourth-order valence-electron chi connectivity index (χ4n) is 2.11. The fourth-order valence-corrected chi connectivity index (χ4v) is 3.24. The summed E-state index contributed by atoms with van der Waals surface area (Å²) in [6, 6.07) is 6.09. The molecule has 1 heterocycles. The van der Waals surface area contributed by atoms with E-state index in [-0.39, 0.29) is 0 Å². The van der Waals surface area contributed by atoms with Crippen LogP contribution in [0.25, 0.3) is 10.6 Å². The van der Waals surface area contributed by atoms with Gasteiger partial charge in [0.1, 0.15) is 5.01 Å². The molecule has 2 nitrogen and oxygen atoms in total. The molecule has 0 unspecified atom stereocenters. The second-order valence-electron chi connectivity index (χ2n) is 5.01. The van der Waals surface area contributed by atoms with E-state index >= 15 is 0 Å². The molecular formula is C16H21ClN2S. The molecule has 0 radical (unpaired) electrons. The highest BCUT2D eigenvalue weighted by Gasteiger charge is 2.06. The SMILES string of the molecule is CCCNCCCc1csc(-c2cc(C)cc(Cl)c2)n1. The Morgan fingerprint density at radius 2 is 2.10 bits per heavy atom. The molecule has 0 aliphatic rings. The molecule has 108 valence electrons. The van der Waals surface area contributed by atoms with Gasteiger partial charge in [-0.15, -0.1) is 11.3 Å². The average molecular weight is 309 g/mol. The smallest absolute Gasteiger partial charge is 0.123 e. The Bertz CT molecular complexity index is 531. The maximum absolute atomic E-state index is 6.11. The van der Waals surface area contributed by atoms with Gasteiger partial charge in [0, 0.05) is 16.0 Å². The van der Waals surface area contributed by atoms with Crippen molar-refractivity contribution in [3.8, 4) is 10.6 Å². The van der Waals surface area contributed by atoms with E-state index in [1.165, 1.54) is 17.7 Å². The first-order valence-electron chi connectivity index (χ1n) is 7.11. The number of aryl methyl sites for hydroxylation is 2. The van der Waals surface area contributed by atoms with Crippen LogP contribution in [0.2, 0.25) is 5.02 Å². The second-order valence-corrected chi connectivity index (χ2v) is 6.31. The molecule has 20 heavy (non-hydrogen) atoms. The Morgan fingerprint density at radius 3 is 2.85 bits per heavy atom. The van der Waals surface area contributed by atoms with Gasteiger partial charge >= 0.3 is 0 Å². The van der Waals surface area contributed by atoms with E-state index in [9.17, 15) is 0 Å². The van der Waals surface area contributed by atoms with Gasteiger partial charge in [0.15, 0.2) is 0 Å². The van der Waals surface area contributed by atoms with Crippen molar-refractivity contribution in [3.05, 3.63) is 39.9 Å². The van der Waals surface area contributed by atoms with Crippen molar-refractivity contribution in [2.24, 2.45) is 0 Å². The lowest BCUT2D eigenvalue weighted by Crippen LogP contribution is -2.16. The standard InChI is InChI=1S/C16H21ClN2S/c1-3-6-18-7-4-5-15-11-20-16(19-15)13-8-12(2)9-14(17)10-13/h8-11,18H,3-7H2,1-2H3. The van der Waals surface area contributed by atoms with Crippen LogP contribution in [-0.4, -0.2) is 18.1 Å². The molecule has 0 aliphatic heterocycles. The van der Waals surface area contributed by atoms with Gasteiger partial charge in [0.2, 0.25) is 0 Å². The van der Waals surface area contributed by atoms with Gasteiger partial charge in [-0.1, -0.05) is 18.5 Å². The number of thiazole rings is 1. The van der Waals surface area contributed by atoms with E-state index in [1.807, 2.05) is 12.1 Å². The first-order chi connectivity index (χ1) is 9.69. The summed E-state index contributed by atoms with van der Waals surface area (Å²) in [5.41, 5.74) is 3.48. The Kier molecular flexibility index (Phi) is 6.02. The van der Waals surface area contributed by atoms with E-state index in [0.717, 1.165) is 41.5 Å². The summed E-state index contributed by atoms with van der Waals surface area (Å²) in [5.74, 6) is 0. The monoisotopic (exact) mass is 308 g/mol. The largest absolute Gasteiger partial charge is 0.317 e.